The van der Waals surface area contributed by atoms with Crippen molar-refractivity contribution in [1.82, 2.24) is 10.2 Å². The summed E-state index contributed by atoms with van der Waals surface area (Å²) in [5, 5.41) is 4.33. The van der Waals surface area contributed by atoms with Crippen molar-refractivity contribution in [3.63, 3.8) is 0 Å². The highest BCUT2D eigenvalue weighted by molar-refractivity contribution is 6.30. The van der Waals surface area contributed by atoms with E-state index < -0.39 is 0 Å². The van der Waals surface area contributed by atoms with E-state index in [0.29, 0.717) is 6.04 Å². The van der Waals surface area contributed by atoms with Gasteiger partial charge in [-0.2, -0.15) is 0 Å². The zero-order valence-electron chi connectivity index (χ0n) is 12.1. The summed E-state index contributed by atoms with van der Waals surface area (Å²) in [5.41, 5.74) is 1.47. The van der Waals surface area contributed by atoms with Crippen LogP contribution in [0.5, 0.6) is 0 Å². The van der Waals surface area contributed by atoms with Crippen LogP contribution in [0.15, 0.2) is 24.3 Å². The molecule has 1 atom stereocenters. The lowest BCUT2D eigenvalue weighted by molar-refractivity contribution is 0.228. The molecule has 1 rings (SSSR count). The van der Waals surface area contributed by atoms with Gasteiger partial charge < -0.3 is 5.32 Å². The first-order valence-corrected chi connectivity index (χ1v) is 6.85. The van der Waals surface area contributed by atoms with Gasteiger partial charge in [-0.15, -0.1) is 0 Å². The van der Waals surface area contributed by atoms with E-state index in [2.05, 4.69) is 57.1 Å². The Bertz CT molecular complexity index is 354. The van der Waals surface area contributed by atoms with E-state index in [0.717, 1.165) is 18.1 Å². The zero-order chi connectivity index (χ0) is 13.8. The summed E-state index contributed by atoms with van der Waals surface area (Å²) in [7, 11) is 2.16. The number of hydrogen-bond donors (Lipinski definition) is 1. The van der Waals surface area contributed by atoms with Gasteiger partial charge in [0.2, 0.25) is 0 Å². The topological polar surface area (TPSA) is 15.3 Å². The van der Waals surface area contributed by atoms with Crippen LogP contribution in [0.1, 0.15) is 33.3 Å². The second kappa shape index (κ2) is 6.55. The second-order valence-electron chi connectivity index (χ2n) is 6.02. The summed E-state index contributed by atoms with van der Waals surface area (Å²) in [4.78, 5) is 2.35. The minimum Gasteiger partial charge on any atom is -0.311 e. The van der Waals surface area contributed by atoms with Crippen molar-refractivity contribution in [2.45, 2.75) is 45.8 Å². The highest BCUT2D eigenvalue weighted by Crippen LogP contribution is 2.12. The minimum absolute atomic E-state index is 0.176. The monoisotopic (exact) mass is 268 g/mol. The van der Waals surface area contributed by atoms with Crippen LogP contribution in [0.4, 0.5) is 0 Å². The predicted molar refractivity (Wildman–Crippen MR) is 80.1 cm³/mol. The number of halogens is 1. The SMILES string of the molecule is CC(CNC(C)(C)C)N(C)Cc1ccc(Cl)cc1. The molecular weight excluding hydrogens is 244 g/mol. The molecule has 0 aromatic heterocycles. The Morgan fingerprint density at radius 1 is 1.22 bits per heavy atom. The van der Waals surface area contributed by atoms with E-state index in [1.54, 1.807) is 0 Å². The molecule has 1 N–H and O–H groups in total. The summed E-state index contributed by atoms with van der Waals surface area (Å²) < 4.78 is 0. The van der Waals surface area contributed by atoms with Gasteiger partial charge in [0.1, 0.15) is 0 Å². The fraction of sp³-hybridized carbons (Fsp3) is 0.600. The van der Waals surface area contributed by atoms with E-state index in [1.165, 1.54) is 5.56 Å². The Labute approximate surface area is 116 Å². The van der Waals surface area contributed by atoms with Gasteiger partial charge in [0.15, 0.2) is 0 Å². The van der Waals surface area contributed by atoms with Gasteiger partial charge in [-0.1, -0.05) is 23.7 Å². The number of rotatable bonds is 5. The summed E-state index contributed by atoms with van der Waals surface area (Å²) >= 11 is 5.89. The van der Waals surface area contributed by atoms with E-state index >= 15 is 0 Å². The standard InChI is InChI=1S/C15H25ClN2/c1-12(10-17-15(2,3)4)18(5)11-13-6-8-14(16)9-7-13/h6-9,12,17H,10-11H2,1-5H3. The van der Waals surface area contributed by atoms with Crippen molar-refractivity contribution in [1.29, 1.82) is 0 Å². The molecule has 0 aliphatic carbocycles. The van der Waals surface area contributed by atoms with Crippen LogP contribution in [0.2, 0.25) is 5.02 Å². The van der Waals surface area contributed by atoms with Crippen LogP contribution in [0, 0.1) is 0 Å². The lowest BCUT2D eigenvalue weighted by atomic mass is 10.1. The van der Waals surface area contributed by atoms with Gasteiger partial charge >= 0.3 is 0 Å². The first kappa shape index (κ1) is 15.5. The number of hydrogen-bond acceptors (Lipinski definition) is 2. The first-order chi connectivity index (χ1) is 8.28. The van der Waals surface area contributed by atoms with Crippen LogP contribution in [0.3, 0.4) is 0 Å². The summed E-state index contributed by atoms with van der Waals surface area (Å²) in [6.45, 7) is 10.8. The van der Waals surface area contributed by atoms with Crippen molar-refractivity contribution < 1.29 is 0 Å². The second-order valence-corrected chi connectivity index (χ2v) is 6.46. The summed E-state index contributed by atoms with van der Waals surface area (Å²) in [6, 6.07) is 8.57. The maximum absolute atomic E-state index is 5.89. The molecule has 2 nitrogen and oxygen atoms in total. The van der Waals surface area contributed by atoms with E-state index in [1.807, 2.05) is 12.1 Å². The van der Waals surface area contributed by atoms with E-state index in [-0.39, 0.29) is 5.54 Å². The van der Waals surface area contributed by atoms with Crippen molar-refractivity contribution in [3.8, 4) is 0 Å². The number of benzene rings is 1. The number of nitrogens with zero attached hydrogens (tertiary/aromatic N) is 1. The third-order valence-corrected chi connectivity index (χ3v) is 3.28. The Kier molecular flexibility index (Phi) is 5.64. The van der Waals surface area contributed by atoms with Crippen LogP contribution < -0.4 is 5.32 Å². The van der Waals surface area contributed by atoms with Gasteiger partial charge in [0.25, 0.3) is 0 Å². The molecule has 0 radical (unpaired) electrons. The lowest BCUT2D eigenvalue weighted by Gasteiger charge is -2.29. The highest BCUT2D eigenvalue weighted by Gasteiger charge is 2.14. The molecule has 1 aromatic carbocycles. The molecule has 0 bridgehead atoms. The summed E-state index contributed by atoms with van der Waals surface area (Å²) in [5.74, 6) is 0. The average molecular weight is 269 g/mol. The highest BCUT2D eigenvalue weighted by atomic mass is 35.5. The molecule has 0 aliphatic rings. The largest absolute Gasteiger partial charge is 0.311 e. The summed E-state index contributed by atoms with van der Waals surface area (Å²) in [6.07, 6.45) is 0. The maximum atomic E-state index is 5.89. The van der Waals surface area contributed by atoms with Gasteiger partial charge in [-0.05, 0) is 52.4 Å². The molecule has 0 heterocycles. The molecule has 0 saturated heterocycles. The molecule has 0 saturated carbocycles. The van der Waals surface area contributed by atoms with Gasteiger partial charge in [-0.3, -0.25) is 4.90 Å². The Morgan fingerprint density at radius 2 is 1.78 bits per heavy atom. The van der Waals surface area contributed by atoms with E-state index in [4.69, 9.17) is 11.6 Å². The molecule has 102 valence electrons. The Balaban J connectivity index is 2.44. The molecule has 1 aromatic rings. The lowest BCUT2D eigenvalue weighted by Crippen LogP contribution is -2.44. The molecule has 1 unspecified atom stereocenters. The quantitative estimate of drug-likeness (QED) is 0.879. The molecule has 0 fully saturated rings. The van der Waals surface area contributed by atoms with Crippen LogP contribution in [-0.4, -0.2) is 30.1 Å². The zero-order valence-corrected chi connectivity index (χ0v) is 12.9. The molecule has 3 heteroatoms. The molecule has 0 aliphatic heterocycles. The third kappa shape index (κ3) is 5.85. The number of likely N-dealkylation sites (N-methyl/N-ethyl adjacent to an activating group) is 1. The van der Waals surface area contributed by atoms with E-state index in [9.17, 15) is 0 Å². The Hall–Kier alpha value is -0.570. The van der Waals surface area contributed by atoms with Crippen molar-refractivity contribution in [2.24, 2.45) is 0 Å². The average Bonchev–Trinajstić information content (AvgIpc) is 2.28. The number of nitrogens with one attached hydrogen (secondary N) is 1. The third-order valence-electron chi connectivity index (χ3n) is 3.03. The van der Waals surface area contributed by atoms with Crippen molar-refractivity contribution in [3.05, 3.63) is 34.9 Å². The molecular formula is C15H25ClN2. The normalized spacial score (nSPS) is 13.9. The minimum atomic E-state index is 0.176. The van der Waals surface area contributed by atoms with Gasteiger partial charge in [-0.25, -0.2) is 0 Å². The van der Waals surface area contributed by atoms with Crippen LogP contribution in [0.25, 0.3) is 0 Å². The van der Waals surface area contributed by atoms with Gasteiger partial charge in [0.05, 0.1) is 0 Å². The van der Waals surface area contributed by atoms with Crippen LogP contribution in [-0.2, 0) is 6.54 Å². The van der Waals surface area contributed by atoms with Crippen molar-refractivity contribution in [2.75, 3.05) is 13.6 Å². The van der Waals surface area contributed by atoms with Crippen LogP contribution >= 0.6 is 11.6 Å². The predicted octanol–water partition coefficient (Wildman–Crippen LogP) is 3.55. The Morgan fingerprint density at radius 3 is 2.28 bits per heavy atom. The first-order valence-electron chi connectivity index (χ1n) is 6.47. The van der Waals surface area contributed by atoms with Crippen molar-refractivity contribution >= 4 is 11.6 Å². The molecule has 0 amide bonds. The fourth-order valence-corrected chi connectivity index (χ4v) is 1.77. The maximum Gasteiger partial charge on any atom is 0.0406 e. The van der Waals surface area contributed by atoms with Gasteiger partial charge in [0, 0.05) is 29.7 Å². The molecule has 18 heavy (non-hydrogen) atoms. The fourth-order valence-electron chi connectivity index (χ4n) is 1.64. The molecule has 0 spiro atoms. The smallest absolute Gasteiger partial charge is 0.0406 e.